The summed E-state index contributed by atoms with van der Waals surface area (Å²) >= 11 is 0. The number of rotatable bonds is 36. The van der Waals surface area contributed by atoms with E-state index in [0.29, 0.717) is 6.42 Å². The zero-order valence-corrected chi connectivity index (χ0v) is 37.7. The van der Waals surface area contributed by atoms with Gasteiger partial charge in [0.2, 0.25) is 5.91 Å². The van der Waals surface area contributed by atoms with Crippen molar-refractivity contribution in [1.82, 2.24) is 5.32 Å². The van der Waals surface area contributed by atoms with E-state index < -0.39 is 86.8 Å². The summed E-state index contributed by atoms with van der Waals surface area (Å²) < 4.78 is 22.6. The Bertz CT molecular complexity index is 1130. The molecule has 14 nitrogen and oxygen atoms in total. The van der Waals surface area contributed by atoms with Crippen molar-refractivity contribution >= 4 is 5.91 Å². The van der Waals surface area contributed by atoms with E-state index in [9.17, 15) is 45.6 Å². The molecule has 61 heavy (non-hydrogen) atoms. The van der Waals surface area contributed by atoms with Gasteiger partial charge in [-0.15, -0.1) is 0 Å². The smallest absolute Gasteiger partial charge is 0.220 e. The second kappa shape index (κ2) is 34.8. The quantitative estimate of drug-likeness (QED) is 0.0285. The van der Waals surface area contributed by atoms with Crippen LogP contribution in [0.15, 0.2) is 24.3 Å². The number of carbonyl (C=O) groups is 1. The molecule has 2 aliphatic rings. The number of hydrogen-bond donors (Lipinski definition) is 9. The normalized spacial score (nSPS) is 28.2. The molecule has 0 bridgehead atoms. The van der Waals surface area contributed by atoms with Crippen LogP contribution in [0.25, 0.3) is 0 Å². The minimum atomic E-state index is -1.78. The number of amides is 1. The number of aliphatic hydroxyl groups is 8. The van der Waals surface area contributed by atoms with Crippen LogP contribution in [0, 0.1) is 0 Å². The van der Waals surface area contributed by atoms with Gasteiger partial charge in [-0.05, 0) is 44.9 Å². The Morgan fingerprint density at radius 1 is 0.574 bits per heavy atom. The average molecular weight is 874 g/mol. The Morgan fingerprint density at radius 2 is 1.03 bits per heavy atom. The second-order valence-electron chi connectivity index (χ2n) is 17.2. The minimum Gasteiger partial charge on any atom is -0.394 e. The van der Waals surface area contributed by atoms with Gasteiger partial charge in [0.1, 0.15) is 48.8 Å². The zero-order valence-electron chi connectivity index (χ0n) is 37.7. The first-order valence-corrected chi connectivity index (χ1v) is 24.1. The van der Waals surface area contributed by atoms with Crippen LogP contribution in [-0.2, 0) is 23.7 Å². The summed E-state index contributed by atoms with van der Waals surface area (Å²) in [4.78, 5) is 13.1. The van der Waals surface area contributed by atoms with Crippen molar-refractivity contribution in [3.63, 3.8) is 0 Å². The first-order valence-electron chi connectivity index (χ1n) is 24.1. The summed E-state index contributed by atoms with van der Waals surface area (Å²) in [5.74, 6) is -0.246. The molecule has 0 aliphatic carbocycles. The molecule has 9 N–H and O–H groups in total. The number of carbonyl (C=O) groups excluding carboxylic acids is 1. The molecule has 12 unspecified atom stereocenters. The molecule has 0 radical (unpaired) electrons. The van der Waals surface area contributed by atoms with Crippen LogP contribution in [-0.4, -0.2) is 140 Å². The fraction of sp³-hybridized carbons (Fsp3) is 0.894. The molecule has 2 rings (SSSR count). The number of aliphatic hydroxyl groups excluding tert-OH is 8. The molecule has 0 aromatic rings. The lowest BCUT2D eigenvalue weighted by atomic mass is 9.97. The van der Waals surface area contributed by atoms with Crippen LogP contribution < -0.4 is 5.32 Å². The van der Waals surface area contributed by atoms with Gasteiger partial charge in [0.05, 0.1) is 32.0 Å². The third-order valence-electron chi connectivity index (χ3n) is 11.9. The molecule has 1 amide bonds. The lowest BCUT2D eigenvalue weighted by molar-refractivity contribution is -0.359. The van der Waals surface area contributed by atoms with Gasteiger partial charge in [-0.3, -0.25) is 4.79 Å². The van der Waals surface area contributed by atoms with E-state index >= 15 is 0 Å². The third kappa shape index (κ3) is 22.8. The van der Waals surface area contributed by atoms with Crippen LogP contribution in [0.4, 0.5) is 0 Å². The van der Waals surface area contributed by atoms with Crippen molar-refractivity contribution in [2.24, 2.45) is 0 Å². The molecule has 0 spiro atoms. The maximum absolute atomic E-state index is 13.1. The highest BCUT2D eigenvalue weighted by Gasteiger charge is 2.51. The molecule has 0 aromatic carbocycles. The zero-order chi connectivity index (χ0) is 44.7. The Kier molecular flexibility index (Phi) is 31.7. The summed E-state index contributed by atoms with van der Waals surface area (Å²) in [7, 11) is 0. The molecular weight excluding hydrogens is 787 g/mol. The van der Waals surface area contributed by atoms with E-state index in [1.807, 2.05) is 6.08 Å². The second-order valence-corrected chi connectivity index (χ2v) is 17.2. The number of hydrogen-bond acceptors (Lipinski definition) is 13. The van der Waals surface area contributed by atoms with Gasteiger partial charge in [-0.2, -0.15) is 0 Å². The average Bonchev–Trinajstić information content (AvgIpc) is 3.26. The first kappa shape index (κ1) is 55.6. The SMILES string of the molecule is CCCCCCCC/C=C\CCCCCCCCCCCC(=O)NC(COC1OC(CO)C(OC2OC(CO)C(O)C(O)C2O)C(O)C1O)C(O)/C=C/CCCCCCCC. The molecule has 0 aromatic heterocycles. The molecule has 14 heteroatoms. The highest BCUT2D eigenvalue weighted by atomic mass is 16.7. The Hall–Kier alpha value is -1.53. The van der Waals surface area contributed by atoms with Gasteiger partial charge >= 0.3 is 0 Å². The topological polar surface area (TPSA) is 228 Å². The summed E-state index contributed by atoms with van der Waals surface area (Å²) in [5.41, 5.74) is 0. The molecule has 358 valence electrons. The molecule has 2 heterocycles. The predicted octanol–water partition coefficient (Wildman–Crippen LogP) is 5.38. The van der Waals surface area contributed by atoms with Gasteiger partial charge in [0.25, 0.3) is 0 Å². The Balaban J connectivity index is 1.80. The number of nitrogens with one attached hydrogen (secondary N) is 1. The van der Waals surface area contributed by atoms with Crippen molar-refractivity contribution in [3.8, 4) is 0 Å². The summed E-state index contributed by atoms with van der Waals surface area (Å²) in [5, 5.41) is 86.3. The van der Waals surface area contributed by atoms with Crippen molar-refractivity contribution in [2.45, 2.75) is 248 Å². The van der Waals surface area contributed by atoms with Crippen LogP contribution in [0.5, 0.6) is 0 Å². The van der Waals surface area contributed by atoms with Crippen molar-refractivity contribution < 1.29 is 64.6 Å². The largest absolute Gasteiger partial charge is 0.394 e. The van der Waals surface area contributed by atoms with E-state index in [1.165, 1.54) is 103 Å². The van der Waals surface area contributed by atoms with Crippen LogP contribution in [0.3, 0.4) is 0 Å². The van der Waals surface area contributed by atoms with E-state index in [4.69, 9.17) is 18.9 Å². The number of ether oxygens (including phenoxy) is 4. The lowest BCUT2D eigenvalue weighted by Crippen LogP contribution is -2.65. The van der Waals surface area contributed by atoms with Crippen LogP contribution in [0.1, 0.15) is 174 Å². The van der Waals surface area contributed by atoms with Crippen LogP contribution >= 0.6 is 0 Å². The highest BCUT2D eigenvalue weighted by Crippen LogP contribution is 2.30. The van der Waals surface area contributed by atoms with Gasteiger partial charge in [-0.1, -0.05) is 147 Å². The molecule has 2 fully saturated rings. The highest BCUT2D eigenvalue weighted by molar-refractivity contribution is 5.76. The third-order valence-corrected chi connectivity index (χ3v) is 11.9. The molecule has 2 saturated heterocycles. The fourth-order valence-electron chi connectivity index (χ4n) is 7.87. The molecule has 0 saturated carbocycles. The van der Waals surface area contributed by atoms with Crippen molar-refractivity contribution in [2.75, 3.05) is 19.8 Å². The maximum atomic E-state index is 13.1. The maximum Gasteiger partial charge on any atom is 0.220 e. The molecule has 2 aliphatic heterocycles. The predicted molar refractivity (Wildman–Crippen MR) is 235 cm³/mol. The van der Waals surface area contributed by atoms with Crippen molar-refractivity contribution in [3.05, 3.63) is 24.3 Å². The Labute approximate surface area is 367 Å². The van der Waals surface area contributed by atoms with E-state index in [2.05, 4.69) is 31.3 Å². The monoisotopic (exact) mass is 874 g/mol. The Morgan fingerprint density at radius 3 is 1.56 bits per heavy atom. The van der Waals surface area contributed by atoms with E-state index in [1.54, 1.807) is 6.08 Å². The van der Waals surface area contributed by atoms with Gasteiger partial charge in [0.15, 0.2) is 12.6 Å². The van der Waals surface area contributed by atoms with E-state index in [-0.39, 0.29) is 18.9 Å². The van der Waals surface area contributed by atoms with Crippen molar-refractivity contribution in [1.29, 1.82) is 0 Å². The summed E-state index contributed by atoms with van der Waals surface area (Å²) in [6.45, 7) is 2.72. The molecular formula is C47H87NO13. The van der Waals surface area contributed by atoms with E-state index in [0.717, 1.165) is 44.9 Å². The first-order chi connectivity index (χ1) is 29.6. The van der Waals surface area contributed by atoms with Crippen LogP contribution in [0.2, 0.25) is 0 Å². The minimum absolute atomic E-state index is 0.246. The van der Waals surface area contributed by atoms with Gasteiger partial charge in [-0.25, -0.2) is 0 Å². The standard InChI is InChI=1S/C47H87NO13/c1-3-5-7-9-11-13-14-15-16-17-18-19-20-21-22-23-25-27-29-31-39(52)48-35(36(51)30-28-26-24-12-10-8-6-4-2)34-58-46-44(57)42(55)45(38(33-50)60-46)61-47-43(56)41(54)40(53)37(32-49)59-47/h15-16,28,30,35-38,40-47,49-51,53-57H,3-14,17-27,29,31-34H2,1-2H3,(H,48,52)/b16-15-,30-28+. The van der Waals surface area contributed by atoms with Gasteiger partial charge < -0.3 is 65.1 Å². The fourth-order valence-corrected chi connectivity index (χ4v) is 7.87. The summed E-state index contributed by atoms with van der Waals surface area (Å²) in [6, 6.07) is -0.910. The van der Waals surface area contributed by atoms with Gasteiger partial charge in [0, 0.05) is 6.42 Å². The number of unbranched alkanes of at least 4 members (excludes halogenated alkanes) is 21. The number of allylic oxidation sites excluding steroid dienone is 3. The molecule has 12 atom stereocenters. The lowest BCUT2D eigenvalue weighted by Gasteiger charge is -2.46. The summed E-state index contributed by atoms with van der Waals surface area (Å²) in [6.07, 6.45) is 19.6.